The Labute approximate surface area is 263 Å². The standard InChI is InChI=1S/C31H31F6N7OS/c1-14-7-20(33)22(25-26(14)46-28(38)40-25)21-19(31(35,36)37)8-18-24(23(21)34)41-29(42-27(18)43-11-16-3-4-17(12-43)39-16)45-13-30-5-2-6-44(30)10-15(32)9-30/h7-8,15-17,39H,2-6,9-13H2,1H3,(H2,38,40)/t15-,16?,17?,30+/m1/s1. The highest BCUT2D eigenvalue weighted by molar-refractivity contribution is 7.22. The third-order valence-electron chi connectivity index (χ3n) is 10.0. The van der Waals surface area contributed by atoms with Gasteiger partial charge < -0.3 is 20.7 Å². The summed E-state index contributed by atoms with van der Waals surface area (Å²) in [6, 6.07) is 1.82. The summed E-state index contributed by atoms with van der Waals surface area (Å²) in [4.78, 5) is 16.9. The van der Waals surface area contributed by atoms with E-state index in [-0.39, 0.29) is 53.0 Å². The van der Waals surface area contributed by atoms with E-state index in [1.807, 2.05) is 9.80 Å². The molecule has 8 nitrogen and oxygen atoms in total. The number of ether oxygens (including phenoxy) is 1. The Morgan fingerprint density at radius 2 is 1.83 bits per heavy atom. The molecule has 2 unspecified atom stereocenters. The van der Waals surface area contributed by atoms with Crippen molar-refractivity contribution in [1.82, 2.24) is 25.2 Å². The maximum absolute atomic E-state index is 16.9. The minimum atomic E-state index is -5.07. The number of nitrogen functional groups attached to an aromatic ring is 1. The van der Waals surface area contributed by atoms with Gasteiger partial charge in [-0.2, -0.15) is 23.1 Å². The fourth-order valence-electron chi connectivity index (χ4n) is 8.03. The van der Waals surface area contributed by atoms with Gasteiger partial charge in [-0.15, -0.1) is 0 Å². The highest BCUT2D eigenvalue weighted by Gasteiger charge is 2.49. The van der Waals surface area contributed by atoms with Crippen LogP contribution in [0.5, 0.6) is 6.01 Å². The lowest BCUT2D eigenvalue weighted by molar-refractivity contribution is -0.137. The molecule has 0 radical (unpaired) electrons. The molecule has 6 heterocycles. The molecule has 0 amide bonds. The van der Waals surface area contributed by atoms with Crippen LogP contribution < -0.4 is 20.7 Å². The van der Waals surface area contributed by atoms with Crippen LogP contribution in [0, 0.1) is 18.6 Å². The Morgan fingerprint density at radius 1 is 1.07 bits per heavy atom. The number of hydrogen-bond donors (Lipinski definition) is 2. The zero-order valence-corrected chi connectivity index (χ0v) is 25.7. The number of hydrogen-bond acceptors (Lipinski definition) is 9. The molecule has 15 heteroatoms. The molecule has 4 saturated heterocycles. The van der Waals surface area contributed by atoms with Crippen LogP contribution in [0.4, 0.5) is 37.3 Å². The van der Waals surface area contributed by atoms with Crippen LogP contribution in [0.25, 0.3) is 32.2 Å². The highest BCUT2D eigenvalue weighted by atomic mass is 32.1. The zero-order chi connectivity index (χ0) is 32.1. The molecule has 0 aliphatic carbocycles. The quantitative estimate of drug-likeness (QED) is 0.252. The lowest BCUT2D eigenvalue weighted by Gasteiger charge is -2.35. The van der Waals surface area contributed by atoms with Crippen LogP contribution >= 0.6 is 11.3 Å². The van der Waals surface area contributed by atoms with Crippen molar-refractivity contribution < 1.29 is 31.1 Å². The normalized spacial score (nSPS) is 26.5. The molecule has 0 saturated carbocycles. The van der Waals surface area contributed by atoms with Crippen LogP contribution in [0.3, 0.4) is 0 Å². The maximum Gasteiger partial charge on any atom is 0.417 e. The Hall–Kier alpha value is -3.43. The highest BCUT2D eigenvalue weighted by Crippen LogP contribution is 2.47. The van der Waals surface area contributed by atoms with Gasteiger partial charge in [-0.3, -0.25) is 4.90 Å². The number of alkyl halides is 4. The number of nitrogens with one attached hydrogen (secondary N) is 1. The molecule has 8 rings (SSSR count). The topological polar surface area (TPSA) is 92.4 Å². The third kappa shape index (κ3) is 4.76. The van der Waals surface area contributed by atoms with E-state index >= 15 is 8.78 Å². The molecular formula is C31H31F6N7OS. The van der Waals surface area contributed by atoms with Crippen molar-refractivity contribution in [3.05, 3.63) is 34.9 Å². The van der Waals surface area contributed by atoms with Crippen molar-refractivity contribution in [3.63, 3.8) is 0 Å². The van der Waals surface area contributed by atoms with Gasteiger partial charge in [-0.1, -0.05) is 11.3 Å². The number of aromatic nitrogens is 3. The van der Waals surface area contributed by atoms with Gasteiger partial charge in [0.15, 0.2) is 10.9 Å². The monoisotopic (exact) mass is 663 g/mol. The lowest BCUT2D eigenvalue weighted by Crippen LogP contribution is -2.51. The molecule has 46 heavy (non-hydrogen) atoms. The smallest absolute Gasteiger partial charge is 0.417 e. The average molecular weight is 664 g/mol. The number of thiazole rings is 1. The number of anilines is 2. The lowest BCUT2D eigenvalue weighted by atomic mass is 9.94. The van der Waals surface area contributed by atoms with E-state index in [9.17, 15) is 17.6 Å². The Kier molecular flexibility index (Phi) is 6.86. The Balaban J connectivity index is 1.34. The first-order chi connectivity index (χ1) is 21.9. The third-order valence-corrected chi connectivity index (χ3v) is 11.0. The fraction of sp³-hybridized carbons (Fsp3) is 0.516. The predicted molar refractivity (Wildman–Crippen MR) is 163 cm³/mol. The number of fused-ring (bicyclic) bond motifs is 5. The van der Waals surface area contributed by atoms with E-state index in [1.165, 1.54) is 0 Å². The average Bonchev–Trinajstić information content (AvgIpc) is 3.73. The summed E-state index contributed by atoms with van der Waals surface area (Å²) >= 11 is 0.982. The van der Waals surface area contributed by atoms with E-state index in [4.69, 9.17) is 10.5 Å². The van der Waals surface area contributed by atoms with Crippen molar-refractivity contribution in [2.75, 3.05) is 43.4 Å². The molecular weight excluding hydrogens is 632 g/mol. The minimum absolute atomic E-state index is 0.0103. The van der Waals surface area contributed by atoms with Crippen molar-refractivity contribution in [2.45, 2.75) is 69.0 Å². The summed E-state index contributed by atoms with van der Waals surface area (Å²) in [6.45, 7) is 3.54. The maximum atomic E-state index is 16.9. The van der Waals surface area contributed by atoms with E-state index < -0.39 is 51.7 Å². The molecule has 4 aromatic rings. The summed E-state index contributed by atoms with van der Waals surface area (Å²) in [5.41, 5.74) is 2.15. The largest absolute Gasteiger partial charge is 0.461 e. The zero-order valence-electron chi connectivity index (χ0n) is 24.9. The number of nitrogens with zero attached hydrogens (tertiary/aromatic N) is 5. The summed E-state index contributed by atoms with van der Waals surface area (Å²) < 4.78 is 98.0. The number of piperazine rings is 1. The second-order valence-electron chi connectivity index (χ2n) is 13.0. The van der Waals surface area contributed by atoms with Crippen LogP contribution in [0.15, 0.2) is 12.1 Å². The van der Waals surface area contributed by atoms with E-state index in [1.54, 1.807) is 6.92 Å². The molecule has 0 spiro atoms. The van der Waals surface area contributed by atoms with Gasteiger partial charge in [-0.25, -0.2) is 18.2 Å². The van der Waals surface area contributed by atoms with Gasteiger partial charge in [0.25, 0.3) is 0 Å². The molecule has 244 valence electrons. The van der Waals surface area contributed by atoms with Crippen LogP contribution in [-0.4, -0.2) is 76.4 Å². The fourth-order valence-corrected chi connectivity index (χ4v) is 8.84. The second kappa shape index (κ2) is 10.5. The van der Waals surface area contributed by atoms with Gasteiger partial charge in [0.1, 0.15) is 29.9 Å². The summed E-state index contributed by atoms with van der Waals surface area (Å²) in [5.74, 6) is -2.32. The number of halogens is 6. The van der Waals surface area contributed by atoms with Crippen molar-refractivity contribution in [1.29, 1.82) is 0 Å². The van der Waals surface area contributed by atoms with Crippen LogP contribution in [-0.2, 0) is 6.18 Å². The Morgan fingerprint density at radius 3 is 2.57 bits per heavy atom. The molecule has 4 atom stereocenters. The predicted octanol–water partition coefficient (Wildman–Crippen LogP) is 5.99. The molecule has 4 aliphatic rings. The SMILES string of the molecule is Cc1cc(F)c(-c2c(C(F)(F)F)cc3c(N4CC5CCC(C4)N5)nc(OC[C@@]45CCCN4C[C@H](F)C5)nc3c2F)c2nc(N)sc12. The van der Waals surface area contributed by atoms with E-state index in [0.29, 0.717) is 36.3 Å². The van der Waals surface area contributed by atoms with Crippen LogP contribution in [0.2, 0.25) is 0 Å². The number of nitrogens with two attached hydrogens (primary N) is 1. The molecule has 4 fully saturated rings. The molecule has 2 aromatic carbocycles. The van der Waals surface area contributed by atoms with Crippen LogP contribution in [0.1, 0.15) is 43.2 Å². The number of aryl methyl sites for hydroxylation is 1. The summed E-state index contributed by atoms with van der Waals surface area (Å²) in [5, 5.41) is 3.33. The van der Waals surface area contributed by atoms with Crippen molar-refractivity contribution in [3.8, 4) is 17.1 Å². The first kappa shape index (κ1) is 29.9. The van der Waals surface area contributed by atoms with Gasteiger partial charge in [-0.05, 0) is 56.8 Å². The molecule has 2 aromatic heterocycles. The first-order valence-corrected chi connectivity index (χ1v) is 16.2. The first-order valence-electron chi connectivity index (χ1n) is 15.4. The van der Waals surface area contributed by atoms with E-state index in [0.717, 1.165) is 49.3 Å². The molecule has 3 N–H and O–H groups in total. The number of rotatable bonds is 5. The van der Waals surface area contributed by atoms with Gasteiger partial charge in [0.05, 0.1) is 21.3 Å². The van der Waals surface area contributed by atoms with Gasteiger partial charge in [0, 0.05) is 54.7 Å². The molecule has 4 aliphatic heterocycles. The van der Waals surface area contributed by atoms with Crippen molar-refractivity contribution in [2.24, 2.45) is 0 Å². The van der Waals surface area contributed by atoms with Gasteiger partial charge >= 0.3 is 12.2 Å². The van der Waals surface area contributed by atoms with Gasteiger partial charge in [0.2, 0.25) is 0 Å². The summed E-state index contributed by atoms with van der Waals surface area (Å²) in [7, 11) is 0. The van der Waals surface area contributed by atoms with Crippen molar-refractivity contribution >= 4 is 43.4 Å². The molecule has 2 bridgehead atoms. The summed E-state index contributed by atoms with van der Waals surface area (Å²) in [6.07, 6.45) is -2.43. The second-order valence-corrected chi connectivity index (χ2v) is 14.1. The number of benzene rings is 2. The minimum Gasteiger partial charge on any atom is -0.461 e. The Bertz CT molecular complexity index is 1870. The van der Waals surface area contributed by atoms with E-state index in [2.05, 4.69) is 20.3 Å².